The largest absolute Gasteiger partial charge is 0.496 e. The molecule has 0 aliphatic heterocycles. The zero-order chi connectivity index (χ0) is 13.1. The van der Waals surface area contributed by atoms with Crippen LogP contribution in [0.15, 0.2) is 28.9 Å². The summed E-state index contributed by atoms with van der Waals surface area (Å²) in [6.45, 7) is 1.99. The van der Waals surface area contributed by atoms with Crippen LogP contribution in [-0.2, 0) is 6.42 Å². The number of aromatic nitrogens is 1. The first-order valence-electron chi connectivity index (χ1n) is 5.60. The molecule has 1 unspecified atom stereocenters. The molecule has 1 aromatic heterocycles. The minimum absolute atomic E-state index is 0.0422. The molecule has 0 amide bonds. The van der Waals surface area contributed by atoms with Gasteiger partial charge in [0.05, 0.1) is 12.1 Å². The summed E-state index contributed by atoms with van der Waals surface area (Å²) in [6.07, 6.45) is 2.60. The monoisotopic (exact) mass is 326 g/mol. The number of rotatable bonds is 4. The first-order chi connectivity index (χ1) is 8.60. The molecule has 3 nitrogen and oxygen atoms in total. The first-order valence-corrected chi connectivity index (χ1v) is 7.21. The van der Waals surface area contributed by atoms with Gasteiger partial charge in [-0.1, -0.05) is 15.9 Å². The van der Waals surface area contributed by atoms with E-state index in [-0.39, 0.29) is 6.04 Å². The Labute approximate surface area is 119 Å². The van der Waals surface area contributed by atoms with Gasteiger partial charge in [-0.05, 0) is 37.1 Å². The quantitative estimate of drug-likeness (QED) is 0.935. The highest BCUT2D eigenvalue weighted by molar-refractivity contribution is 9.10. The molecule has 1 aromatic carbocycles. The third kappa shape index (κ3) is 3.10. The van der Waals surface area contributed by atoms with Gasteiger partial charge in [-0.25, -0.2) is 4.98 Å². The van der Waals surface area contributed by atoms with Crippen LogP contribution in [0, 0.1) is 6.92 Å². The van der Waals surface area contributed by atoms with Crippen LogP contribution in [0.25, 0.3) is 0 Å². The van der Waals surface area contributed by atoms with Crippen LogP contribution in [0.2, 0.25) is 0 Å². The van der Waals surface area contributed by atoms with Gasteiger partial charge in [0.15, 0.2) is 0 Å². The van der Waals surface area contributed by atoms with Gasteiger partial charge in [-0.15, -0.1) is 11.3 Å². The van der Waals surface area contributed by atoms with E-state index in [1.165, 1.54) is 0 Å². The fourth-order valence-corrected chi connectivity index (χ4v) is 2.99. The maximum absolute atomic E-state index is 6.21. The predicted octanol–water partition coefficient (Wildman–Crippen LogP) is 3.47. The SMILES string of the molecule is COc1ccc(Br)cc1CC(N)c1cnc(C)s1. The Morgan fingerprint density at radius 2 is 2.28 bits per heavy atom. The van der Waals surface area contributed by atoms with Crippen molar-refractivity contribution in [2.24, 2.45) is 5.73 Å². The van der Waals surface area contributed by atoms with Crippen molar-refractivity contribution in [1.82, 2.24) is 4.98 Å². The molecule has 2 aromatic rings. The molecular weight excluding hydrogens is 312 g/mol. The summed E-state index contributed by atoms with van der Waals surface area (Å²) in [5.41, 5.74) is 7.32. The van der Waals surface area contributed by atoms with Gasteiger partial charge in [-0.2, -0.15) is 0 Å². The van der Waals surface area contributed by atoms with Crippen LogP contribution in [0.1, 0.15) is 21.5 Å². The molecule has 2 N–H and O–H groups in total. The highest BCUT2D eigenvalue weighted by Gasteiger charge is 2.13. The topological polar surface area (TPSA) is 48.1 Å². The number of ether oxygens (including phenoxy) is 1. The lowest BCUT2D eigenvalue weighted by molar-refractivity contribution is 0.408. The highest BCUT2D eigenvalue weighted by atomic mass is 79.9. The third-order valence-corrected chi connectivity index (χ3v) is 4.22. The van der Waals surface area contributed by atoms with E-state index in [4.69, 9.17) is 10.5 Å². The molecule has 0 aliphatic carbocycles. The van der Waals surface area contributed by atoms with Gasteiger partial charge in [0.1, 0.15) is 5.75 Å². The highest BCUT2D eigenvalue weighted by Crippen LogP contribution is 2.28. The summed E-state index contributed by atoms with van der Waals surface area (Å²) < 4.78 is 6.39. The van der Waals surface area contributed by atoms with Gasteiger partial charge >= 0.3 is 0 Å². The number of aryl methyl sites for hydroxylation is 1. The van der Waals surface area contributed by atoms with E-state index in [0.717, 1.165) is 32.1 Å². The molecule has 18 heavy (non-hydrogen) atoms. The van der Waals surface area contributed by atoms with Gasteiger partial charge in [0.2, 0.25) is 0 Å². The minimum Gasteiger partial charge on any atom is -0.496 e. The number of benzene rings is 1. The number of hydrogen-bond acceptors (Lipinski definition) is 4. The maximum atomic E-state index is 6.21. The van der Waals surface area contributed by atoms with E-state index >= 15 is 0 Å². The van der Waals surface area contributed by atoms with Gasteiger partial charge in [-0.3, -0.25) is 0 Å². The van der Waals surface area contributed by atoms with E-state index in [1.807, 2.05) is 31.3 Å². The normalized spacial score (nSPS) is 12.4. The van der Waals surface area contributed by atoms with Crippen molar-refractivity contribution < 1.29 is 4.74 Å². The molecule has 96 valence electrons. The van der Waals surface area contributed by atoms with Crippen molar-refractivity contribution in [1.29, 1.82) is 0 Å². The van der Waals surface area contributed by atoms with E-state index in [2.05, 4.69) is 20.9 Å². The molecule has 0 saturated carbocycles. The molecule has 1 heterocycles. The Bertz CT molecular complexity index is 542. The third-order valence-electron chi connectivity index (χ3n) is 2.69. The van der Waals surface area contributed by atoms with Crippen LogP contribution < -0.4 is 10.5 Å². The molecular formula is C13H15BrN2OS. The van der Waals surface area contributed by atoms with Crippen molar-refractivity contribution in [2.75, 3.05) is 7.11 Å². The minimum atomic E-state index is -0.0422. The zero-order valence-electron chi connectivity index (χ0n) is 10.3. The summed E-state index contributed by atoms with van der Waals surface area (Å²) >= 11 is 5.11. The number of methoxy groups -OCH3 is 1. The number of halogens is 1. The predicted molar refractivity (Wildman–Crippen MR) is 78.2 cm³/mol. The number of hydrogen-bond donors (Lipinski definition) is 1. The number of thiazole rings is 1. The second kappa shape index (κ2) is 5.82. The van der Waals surface area contributed by atoms with E-state index in [0.29, 0.717) is 0 Å². The Morgan fingerprint density at radius 1 is 1.50 bits per heavy atom. The van der Waals surface area contributed by atoms with Gasteiger partial charge < -0.3 is 10.5 Å². The van der Waals surface area contributed by atoms with Crippen molar-refractivity contribution in [2.45, 2.75) is 19.4 Å². The summed E-state index contributed by atoms with van der Waals surface area (Å²) in [5, 5.41) is 1.04. The maximum Gasteiger partial charge on any atom is 0.122 e. The molecule has 0 fully saturated rings. The van der Waals surface area contributed by atoms with Crippen molar-refractivity contribution >= 4 is 27.3 Å². The summed E-state index contributed by atoms with van der Waals surface area (Å²) in [6, 6.07) is 5.92. The summed E-state index contributed by atoms with van der Waals surface area (Å²) in [4.78, 5) is 5.34. The van der Waals surface area contributed by atoms with Gasteiger partial charge in [0, 0.05) is 21.6 Å². The fraction of sp³-hybridized carbons (Fsp3) is 0.308. The Balaban J connectivity index is 2.20. The van der Waals surface area contributed by atoms with Crippen molar-refractivity contribution in [3.63, 3.8) is 0 Å². The van der Waals surface area contributed by atoms with E-state index in [9.17, 15) is 0 Å². The van der Waals surface area contributed by atoms with Crippen LogP contribution in [0.3, 0.4) is 0 Å². The first kappa shape index (κ1) is 13.5. The lowest BCUT2D eigenvalue weighted by Crippen LogP contribution is -2.12. The summed E-state index contributed by atoms with van der Waals surface area (Å²) in [7, 11) is 1.68. The molecule has 0 spiro atoms. The number of nitrogens with two attached hydrogens (primary N) is 1. The lowest BCUT2D eigenvalue weighted by Gasteiger charge is -2.13. The summed E-state index contributed by atoms with van der Waals surface area (Å²) in [5.74, 6) is 0.870. The zero-order valence-corrected chi connectivity index (χ0v) is 12.7. The molecule has 5 heteroatoms. The van der Waals surface area contributed by atoms with Crippen LogP contribution in [0.5, 0.6) is 5.75 Å². The second-order valence-electron chi connectivity index (χ2n) is 4.05. The number of nitrogens with zero attached hydrogens (tertiary/aromatic N) is 1. The Hall–Kier alpha value is -0.910. The van der Waals surface area contributed by atoms with Crippen LogP contribution in [0.4, 0.5) is 0 Å². The van der Waals surface area contributed by atoms with E-state index in [1.54, 1.807) is 18.4 Å². The fourth-order valence-electron chi connectivity index (χ4n) is 1.79. The smallest absolute Gasteiger partial charge is 0.122 e. The molecule has 0 radical (unpaired) electrons. The van der Waals surface area contributed by atoms with E-state index < -0.39 is 0 Å². The molecule has 0 aliphatic rings. The van der Waals surface area contributed by atoms with Crippen LogP contribution in [-0.4, -0.2) is 12.1 Å². The Morgan fingerprint density at radius 3 is 2.89 bits per heavy atom. The standard InChI is InChI=1S/C13H15BrN2OS/c1-8-16-7-13(18-8)11(15)6-9-5-10(14)3-4-12(9)17-2/h3-5,7,11H,6,15H2,1-2H3. The van der Waals surface area contributed by atoms with Crippen LogP contribution >= 0.6 is 27.3 Å². The average Bonchev–Trinajstić information content (AvgIpc) is 2.76. The molecule has 0 saturated heterocycles. The average molecular weight is 327 g/mol. The van der Waals surface area contributed by atoms with Crippen molar-refractivity contribution in [3.05, 3.63) is 44.3 Å². The van der Waals surface area contributed by atoms with Crippen molar-refractivity contribution in [3.8, 4) is 5.75 Å². The molecule has 1 atom stereocenters. The second-order valence-corrected chi connectivity index (χ2v) is 6.23. The van der Waals surface area contributed by atoms with Gasteiger partial charge in [0.25, 0.3) is 0 Å². The molecule has 2 rings (SSSR count). The lowest BCUT2D eigenvalue weighted by atomic mass is 10.0. The Kier molecular flexibility index (Phi) is 4.37. The molecule has 0 bridgehead atoms.